The lowest BCUT2D eigenvalue weighted by atomic mass is 9.75. The number of thiophene rings is 1. The lowest BCUT2D eigenvalue weighted by molar-refractivity contribution is -0.134. The molecule has 2 aromatic heterocycles. The average molecular weight is 386 g/mol. The Labute approximate surface area is 153 Å². The van der Waals surface area contributed by atoms with Crippen molar-refractivity contribution in [3.05, 3.63) is 33.3 Å². The first-order valence-electron chi connectivity index (χ1n) is 8.65. The smallest absolute Gasteiger partial charge is 0.369 e. The Morgan fingerprint density at radius 1 is 1.35 bits per heavy atom. The summed E-state index contributed by atoms with van der Waals surface area (Å²) in [6.45, 7) is 4.39. The van der Waals surface area contributed by atoms with Crippen LogP contribution in [0.15, 0.2) is 12.3 Å². The quantitative estimate of drug-likeness (QED) is 0.811. The molecule has 1 N–H and O–H groups in total. The lowest BCUT2D eigenvalue weighted by Crippen LogP contribution is -2.50. The Balaban J connectivity index is 1.76. The summed E-state index contributed by atoms with van der Waals surface area (Å²) < 4.78 is 47.8. The molecule has 1 spiro atoms. The predicted molar refractivity (Wildman–Crippen MR) is 90.9 cm³/mol. The molecule has 0 aromatic carbocycles. The van der Waals surface area contributed by atoms with Crippen LogP contribution in [0, 0.1) is 0 Å². The molecule has 4 rings (SSSR count). The summed E-state index contributed by atoms with van der Waals surface area (Å²) in [4.78, 5) is 0.261. The molecule has 26 heavy (non-hydrogen) atoms. The number of alkyl halides is 3. The van der Waals surface area contributed by atoms with Gasteiger partial charge in [-0.2, -0.15) is 13.2 Å². The van der Waals surface area contributed by atoms with E-state index in [0.717, 1.165) is 21.9 Å². The van der Waals surface area contributed by atoms with E-state index >= 15 is 0 Å². The maximum Gasteiger partial charge on any atom is 0.425 e. The summed E-state index contributed by atoms with van der Waals surface area (Å²) in [6, 6.07) is 1.29. The molecule has 0 amide bonds. The van der Waals surface area contributed by atoms with Crippen LogP contribution in [-0.4, -0.2) is 27.6 Å². The van der Waals surface area contributed by atoms with Gasteiger partial charge in [-0.1, -0.05) is 12.1 Å². The van der Waals surface area contributed by atoms with E-state index < -0.39 is 16.7 Å². The van der Waals surface area contributed by atoms with E-state index in [1.807, 2.05) is 20.0 Å². The first kappa shape index (κ1) is 17.9. The molecule has 2 aliphatic rings. The molecule has 2 aliphatic heterocycles. The minimum atomic E-state index is -4.33. The fourth-order valence-corrected chi connectivity index (χ4v) is 5.28. The topological polar surface area (TPSA) is 52.0 Å². The number of halogens is 3. The van der Waals surface area contributed by atoms with Crippen LogP contribution in [0.3, 0.4) is 0 Å². The highest BCUT2D eigenvalue weighted by Crippen LogP contribution is 2.52. The van der Waals surface area contributed by atoms with Crippen molar-refractivity contribution in [3.63, 3.8) is 0 Å². The number of nitrogens with one attached hydrogen (secondary N) is 1. The second-order valence-electron chi connectivity index (χ2n) is 7.44. The SMILES string of the molecule is CC1COC2(C[C@@H](c3cn(C)nn3)N[C@@H](C)C2)c2cc(C(F)(F)F)sc21. The lowest BCUT2D eigenvalue weighted by Gasteiger charge is -2.47. The zero-order valence-corrected chi connectivity index (χ0v) is 15.6. The summed E-state index contributed by atoms with van der Waals surface area (Å²) in [6.07, 6.45) is -1.31. The second kappa shape index (κ2) is 6.03. The van der Waals surface area contributed by atoms with Crippen LogP contribution in [0.1, 0.15) is 59.7 Å². The van der Waals surface area contributed by atoms with E-state index in [-0.39, 0.29) is 18.0 Å². The summed E-state index contributed by atoms with van der Waals surface area (Å²) >= 11 is 0.863. The molecule has 4 heterocycles. The minimum Gasteiger partial charge on any atom is -0.369 e. The number of aromatic nitrogens is 3. The summed E-state index contributed by atoms with van der Waals surface area (Å²) in [5.74, 6) is -0.0307. The van der Waals surface area contributed by atoms with E-state index in [4.69, 9.17) is 4.74 Å². The molecule has 2 aromatic rings. The second-order valence-corrected chi connectivity index (χ2v) is 8.52. The third-order valence-electron chi connectivity index (χ3n) is 5.22. The van der Waals surface area contributed by atoms with Gasteiger partial charge in [-0.25, -0.2) is 0 Å². The van der Waals surface area contributed by atoms with Gasteiger partial charge in [-0.15, -0.1) is 16.4 Å². The molecular formula is C17H21F3N4OS. The number of piperidine rings is 1. The molecule has 0 aliphatic carbocycles. The Hall–Kier alpha value is -1.45. The van der Waals surface area contributed by atoms with Gasteiger partial charge in [0, 0.05) is 36.5 Å². The van der Waals surface area contributed by atoms with E-state index in [1.165, 1.54) is 6.07 Å². The number of rotatable bonds is 1. The first-order chi connectivity index (χ1) is 12.2. The highest BCUT2D eigenvalue weighted by molar-refractivity contribution is 7.12. The highest BCUT2D eigenvalue weighted by Gasteiger charge is 2.49. The maximum absolute atomic E-state index is 13.3. The van der Waals surface area contributed by atoms with Gasteiger partial charge in [-0.3, -0.25) is 4.68 Å². The molecule has 0 bridgehead atoms. The molecule has 9 heteroatoms. The molecule has 1 saturated heterocycles. The number of hydrogen-bond donors (Lipinski definition) is 1. The average Bonchev–Trinajstić information content (AvgIpc) is 3.18. The molecule has 0 saturated carbocycles. The fourth-order valence-electron chi connectivity index (χ4n) is 4.13. The van der Waals surface area contributed by atoms with Crippen molar-refractivity contribution in [2.24, 2.45) is 7.05 Å². The Morgan fingerprint density at radius 3 is 2.77 bits per heavy atom. The molecular weight excluding hydrogens is 365 g/mol. The van der Waals surface area contributed by atoms with Crippen LogP contribution in [0.4, 0.5) is 13.2 Å². The van der Waals surface area contributed by atoms with Crippen LogP contribution in [-0.2, 0) is 23.6 Å². The van der Waals surface area contributed by atoms with Crippen molar-refractivity contribution in [1.29, 1.82) is 0 Å². The predicted octanol–water partition coefficient (Wildman–Crippen LogP) is 3.74. The van der Waals surface area contributed by atoms with Gasteiger partial charge in [-0.05, 0) is 25.0 Å². The summed E-state index contributed by atoms with van der Waals surface area (Å²) in [5.41, 5.74) is 0.776. The number of fused-ring (bicyclic) bond motifs is 2. The van der Waals surface area contributed by atoms with E-state index in [0.29, 0.717) is 25.0 Å². The number of ether oxygens (including phenoxy) is 1. The van der Waals surface area contributed by atoms with Crippen molar-refractivity contribution >= 4 is 11.3 Å². The number of hydrogen-bond acceptors (Lipinski definition) is 5. The van der Waals surface area contributed by atoms with Crippen molar-refractivity contribution in [2.45, 2.75) is 56.5 Å². The normalized spacial score (nSPS) is 32.0. The van der Waals surface area contributed by atoms with Crippen molar-refractivity contribution in [2.75, 3.05) is 6.61 Å². The number of aryl methyl sites for hydroxylation is 1. The molecule has 1 fully saturated rings. The van der Waals surface area contributed by atoms with Gasteiger partial charge in [0.15, 0.2) is 0 Å². The molecule has 5 nitrogen and oxygen atoms in total. The highest BCUT2D eigenvalue weighted by atomic mass is 32.1. The Morgan fingerprint density at radius 2 is 2.12 bits per heavy atom. The molecule has 4 atom stereocenters. The van der Waals surface area contributed by atoms with Crippen molar-refractivity contribution in [3.8, 4) is 0 Å². The largest absolute Gasteiger partial charge is 0.425 e. The van der Waals surface area contributed by atoms with E-state index in [9.17, 15) is 13.2 Å². The maximum atomic E-state index is 13.3. The number of nitrogens with zero attached hydrogens (tertiary/aromatic N) is 3. The zero-order chi connectivity index (χ0) is 18.7. The third-order valence-corrected chi connectivity index (χ3v) is 6.63. The summed E-state index contributed by atoms with van der Waals surface area (Å²) in [5, 5.41) is 11.6. The third kappa shape index (κ3) is 2.95. The van der Waals surface area contributed by atoms with E-state index in [1.54, 1.807) is 11.7 Å². The Kier molecular flexibility index (Phi) is 4.16. The summed E-state index contributed by atoms with van der Waals surface area (Å²) in [7, 11) is 1.80. The van der Waals surface area contributed by atoms with Crippen LogP contribution in [0.2, 0.25) is 0 Å². The molecule has 0 radical (unpaired) electrons. The van der Waals surface area contributed by atoms with Crippen molar-refractivity contribution < 1.29 is 17.9 Å². The van der Waals surface area contributed by atoms with Gasteiger partial charge in [0.25, 0.3) is 0 Å². The zero-order valence-electron chi connectivity index (χ0n) is 14.8. The van der Waals surface area contributed by atoms with Gasteiger partial charge < -0.3 is 10.1 Å². The van der Waals surface area contributed by atoms with Crippen molar-refractivity contribution in [1.82, 2.24) is 20.3 Å². The fraction of sp³-hybridized carbons (Fsp3) is 0.647. The van der Waals surface area contributed by atoms with Gasteiger partial charge in [0.05, 0.1) is 23.9 Å². The monoisotopic (exact) mass is 386 g/mol. The standard InChI is InChI=1S/C17H21F3N4OS/c1-9-8-25-16(11-4-14(17(18,19)20)26-15(9)11)5-10(2)21-12(6-16)13-7-24(3)23-22-13/h4,7,9-10,12,21H,5-6,8H2,1-3H3/t9?,10-,12-,16?/m0/s1. The van der Waals surface area contributed by atoms with Crippen LogP contribution >= 0.6 is 11.3 Å². The molecule has 2 unspecified atom stereocenters. The van der Waals surface area contributed by atoms with Gasteiger partial charge in [0.1, 0.15) is 4.88 Å². The first-order valence-corrected chi connectivity index (χ1v) is 9.47. The van der Waals surface area contributed by atoms with Crippen LogP contribution in [0.5, 0.6) is 0 Å². The van der Waals surface area contributed by atoms with Gasteiger partial charge >= 0.3 is 6.18 Å². The minimum absolute atomic E-state index is 0.0307. The van der Waals surface area contributed by atoms with Crippen LogP contribution in [0.25, 0.3) is 0 Å². The van der Waals surface area contributed by atoms with Crippen LogP contribution < -0.4 is 5.32 Å². The van der Waals surface area contributed by atoms with E-state index in [2.05, 4.69) is 15.6 Å². The van der Waals surface area contributed by atoms with Gasteiger partial charge in [0.2, 0.25) is 0 Å². The molecule has 142 valence electrons. The Bertz CT molecular complexity index is 817.